The van der Waals surface area contributed by atoms with E-state index in [9.17, 15) is 0 Å². The molecule has 18 heavy (non-hydrogen) atoms. The number of unbranched alkanes of at least 4 members (excludes halogenated alkanes) is 3. The number of aromatic nitrogens is 2. The molecule has 2 aromatic rings. The summed E-state index contributed by atoms with van der Waals surface area (Å²) in [5, 5.41) is 4.54. The van der Waals surface area contributed by atoms with Crippen LogP contribution in [0, 0.1) is 6.92 Å². The van der Waals surface area contributed by atoms with Gasteiger partial charge in [-0.2, -0.15) is 0 Å². The van der Waals surface area contributed by atoms with Gasteiger partial charge in [0.2, 0.25) is 0 Å². The highest BCUT2D eigenvalue weighted by atomic mass is 35.5. The van der Waals surface area contributed by atoms with Crippen LogP contribution in [0.3, 0.4) is 0 Å². The van der Waals surface area contributed by atoms with Crippen LogP contribution in [0.2, 0.25) is 0 Å². The Kier molecular flexibility index (Phi) is 5.20. The van der Waals surface area contributed by atoms with Gasteiger partial charge in [-0.15, -0.1) is 22.9 Å². The van der Waals surface area contributed by atoms with Crippen LogP contribution in [0.15, 0.2) is 12.4 Å². The molecule has 0 aliphatic heterocycles. The number of aryl methyl sites for hydroxylation is 1. The van der Waals surface area contributed by atoms with Gasteiger partial charge < -0.3 is 5.32 Å². The lowest BCUT2D eigenvalue weighted by Crippen LogP contribution is -2.03. The Labute approximate surface area is 117 Å². The van der Waals surface area contributed by atoms with Crippen molar-refractivity contribution < 1.29 is 0 Å². The van der Waals surface area contributed by atoms with Crippen molar-refractivity contribution in [1.29, 1.82) is 0 Å². The van der Waals surface area contributed by atoms with Crippen molar-refractivity contribution >= 4 is 39.0 Å². The third-order valence-corrected chi connectivity index (χ3v) is 4.03. The molecule has 0 aliphatic carbocycles. The Morgan fingerprint density at radius 3 is 2.89 bits per heavy atom. The van der Waals surface area contributed by atoms with E-state index in [2.05, 4.69) is 28.3 Å². The molecule has 0 fully saturated rings. The maximum absolute atomic E-state index is 5.65. The molecular formula is C13H18ClN3S. The molecule has 0 bridgehead atoms. The molecule has 2 rings (SSSR count). The first-order valence-corrected chi connectivity index (χ1v) is 7.67. The molecule has 0 amide bonds. The van der Waals surface area contributed by atoms with E-state index in [4.69, 9.17) is 11.6 Å². The topological polar surface area (TPSA) is 37.8 Å². The van der Waals surface area contributed by atoms with Gasteiger partial charge in [-0.05, 0) is 25.8 Å². The van der Waals surface area contributed by atoms with Gasteiger partial charge >= 0.3 is 0 Å². The Morgan fingerprint density at radius 2 is 2.06 bits per heavy atom. The van der Waals surface area contributed by atoms with Crippen LogP contribution in [0.4, 0.5) is 5.82 Å². The number of hydrogen-bond acceptors (Lipinski definition) is 4. The molecule has 5 heteroatoms. The molecular weight excluding hydrogens is 266 g/mol. The summed E-state index contributed by atoms with van der Waals surface area (Å²) >= 11 is 7.36. The van der Waals surface area contributed by atoms with E-state index >= 15 is 0 Å². The minimum Gasteiger partial charge on any atom is -0.369 e. The van der Waals surface area contributed by atoms with Crippen molar-refractivity contribution in [2.45, 2.75) is 32.6 Å². The summed E-state index contributed by atoms with van der Waals surface area (Å²) in [6.07, 6.45) is 6.33. The first kappa shape index (κ1) is 13.6. The van der Waals surface area contributed by atoms with Gasteiger partial charge in [-0.25, -0.2) is 9.97 Å². The fourth-order valence-corrected chi connectivity index (χ4v) is 2.93. The fraction of sp³-hybridized carbons (Fsp3) is 0.538. The van der Waals surface area contributed by atoms with Crippen LogP contribution in [-0.4, -0.2) is 22.4 Å². The molecule has 0 aliphatic rings. The molecule has 0 saturated carbocycles. The summed E-state index contributed by atoms with van der Waals surface area (Å²) in [5.41, 5.74) is 0. The Bertz CT molecular complexity index is 498. The van der Waals surface area contributed by atoms with Gasteiger partial charge in [0.1, 0.15) is 17.0 Å². The Morgan fingerprint density at radius 1 is 1.22 bits per heavy atom. The normalized spacial score (nSPS) is 11.0. The average molecular weight is 284 g/mol. The first-order valence-electron chi connectivity index (χ1n) is 6.32. The summed E-state index contributed by atoms with van der Waals surface area (Å²) in [5.74, 6) is 1.73. The van der Waals surface area contributed by atoms with Crippen molar-refractivity contribution in [3.63, 3.8) is 0 Å². The van der Waals surface area contributed by atoms with Crippen molar-refractivity contribution in [2.75, 3.05) is 17.7 Å². The molecule has 0 spiro atoms. The van der Waals surface area contributed by atoms with Crippen LogP contribution in [0.25, 0.3) is 10.2 Å². The number of anilines is 1. The van der Waals surface area contributed by atoms with Gasteiger partial charge in [-0.3, -0.25) is 0 Å². The van der Waals surface area contributed by atoms with Crippen LogP contribution in [0.1, 0.15) is 30.6 Å². The standard InChI is InChI=1S/C13H18ClN3S/c1-10-8-11-12(16-9-17-13(11)18-10)15-7-5-3-2-4-6-14/h8-9H,2-7H2,1H3,(H,15,16,17). The summed E-state index contributed by atoms with van der Waals surface area (Å²) < 4.78 is 0. The smallest absolute Gasteiger partial charge is 0.138 e. The molecule has 0 atom stereocenters. The zero-order valence-electron chi connectivity index (χ0n) is 10.6. The van der Waals surface area contributed by atoms with Gasteiger partial charge in [0, 0.05) is 17.3 Å². The number of rotatable bonds is 7. The number of fused-ring (bicyclic) bond motifs is 1. The van der Waals surface area contributed by atoms with Gasteiger partial charge in [-0.1, -0.05) is 12.8 Å². The second kappa shape index (κ2) is 6.90. The number of nitrogens with one attached hydrogen (secondary N) is 1. The highest BCUT2D eigenvalue weighted by Crippen LogP contribution is 2.27. The van der Waals surface area contributed by atoms with Crippen molar-refractivity contribution in [3.05, 3.63) is 17.3 Å². The number of alkyl halides is 1. The number of hydrogen-bond donors (Lipinski definition) is 1. The molecule has 98 valence electrons. The minimum absolute atomic E-state index is 0.772. The lowest BCUT2D eigenvalue weighted by atomic mass is 10.2. The molecule has 0 aromatic carbocycles. The van der Waals surface area contributed by atoms with E-state index in [1.54, 1.807) is 17.7 Å². The molecule has 0 unspecified atom stereocenters. The van der Waals surface area contributed by atoms with Crippen LogP contribution in [-0.2, 0) is 0 Å². The average Bonchev–Trinajstić information content (AvgIpc) is 2.74. The zero-order chi connectivity index (χ0) is 12.8. The number of nitrogens with zero attached hydrogens (tertiary/aromatic N) is 2. The zero-order valence-corrected chi connectivity index (χ0v) is 12.2. The fourth-order valence-electron chi connectivity index (χ4n) is 1.90. The quantitative estimate of drug-likeness (QED) is 0.611. The van der Waals surface area contributed by atoms with E-state index in [0.717, 1.165) is 41.3 Å². The Balaban J connectivity index is 1.87. The molecule has 1 N–H and O–H groups in total. The molecule has 0 radical (unpaired) electrons. The van der Waals surface area contributed by atoms with Gasteiger partial charge in [0.25, 0.3) is 0 Å². The van der Waals surface area contributed by atoms with E-state index in [1.807, 2.05) is 0 Å². The third-order valence-electron chi connectivity index (χ3n) is 2.81. The van der Waals surface area contributed by atoms with Gasteiger partial charge in [0.05, 0.1) is 5.39 Å². The second-order valence-electron chi connectivity index (χ2n) is 4.33. The maximum atomic E-state index is 5.65. The van der Waals surface area contributed by atoms with E-state index < -0.39 is 0 Å². The highest BCUT2D eigenvalue weighted by Gasteiger charge is 2.05. The van der Waals surface area contributed by atoms with E-state index in [1.165, 1.54) is 17.7 Å². The number of halogens is 1. The SMILES string of the molecule is Cc1cc2c(NCCCCCCCl)ncnc2s1. The summed E-state index contributed by atoms with van der Waals surface area (Å²) in [6.45, 7) is 3.06. The lowest BCUT2D eigenvalue weighted by Gasteiger charge is -2.05. The molecule has 0 saturated heterocycles. The lowest BCUT2D eigenvalue weighted by molar-refractivity contribution is 0.687. The summed E-state index contributed by atoms with van der Waals surface area (Å²) in [6, 6.07) is 2.15. The number of thiophene rings is 1. The molecule has 3 nitrogen and oxygen atoms in total. The maximum Gasteiger partial charge on any atom is 0.138 e. The Hall–Kier alpha value is -0.870. The van der Waals surface area contributed by atoms with Crippen LogP contribution >= 0.6 is 22.9 Å². The monoisotopic (exact) mass is 283 g/mol. The predicted molar refractivity (Wildman–Crippen MR) is 79.8 cm³/mol. The van der Waals surface area contributed by atoms with Crippen molar-refractivity contribution in [1.82, 2.24) is 9.97 Å². The first-order chi connectivity index (χ1) is 8.81. The summed E-state index contributed by atoms with van der Waals surface area (Å²) in [4.78, 5) is 10.9. The highest BCUT2D eigenvalue weighted by molar-refractivity contribution is 7.18. The second-order valence-corrected chi connectivity index (χ2v) is 5.94. The largest absolute Gasteiger partial charge is 0.369 e. The minimum atomic E-state index is 0.772. The van der Waals surface area contributed by atoms with Crippen LogP contribution in [0.5, 0.6) is 0 Å². The summed E-state index contributed by atoms with van der Waals surface area (Å²) in [7, 11) is 0. The molecule has 2 heterocycles. The predicted octanol–water partition coefficient (Wildman–Crippen LogP) is 4.21. The van der Waals surface area contributed by atoms with Crippen LogP contribution < -0.4 is 5.32 Å². The van der Waals surface area contributed by atoms with Gasteiger partial charge in [0.15, 0.2) is 0 Å². The van der Waals surface area contributed by atoms with E-state index in [0.29, 0.717) is 0 Å². The molecule has 2 aromatic heterocycles. The van der Waals surface area contributed by atoms with Crippen molar-refractivity contribution in [2.24, 2.45) is 0 Å². The third kappa shape index (κ3) is 3.56. The van der Waals surface area contributed by atoms with Crippen molar-refractivity contribution in [3.8, 4) is 0 Å². The van der Waals surface area contributed by atoms with E-state index in [-0.39, 0.29) is 0 Å².